The van der Waals surface area contributed by atoms with Crippen molar-refractivity contribution in [3.8, 4) is 17.4 Å². The number of aromatic nitrogens is 1. The van der Waals surface area contributed by atoms with E-state index in [1.165, 1.54) is 0 Å². The molecule has 0 atom stereocenters. The van der Waals surface area contributed by atoms with Crippen LogP contribution in [0.5, 0.6) is 17.4 Å². The Labute approximate surface area is 165 Å². The molecule has 0 saturated carbocycles. The molecule has 0 radical (unpaired) electrons. The molecule has 7 nitrogen and oxygen atoms in total. The number of amides is 2. The Morgan fingerprint density at radius 3 is 2.68 bits per heavy atom. The van der Waals surface area contributed by atoms with E-state index in [-0.39, 0.29) is 12.1 Å². The van der Waals surface area contributed by atoms with Gasteiger partial charge in [-0.15, -0.1) is 0 Å². The second-order valence-electron chi connectivity index (χ2n) is 6.59. The Bertz CT molecular complexity index is 759. The second-order valence-corrected chi connectivity index (χ2v) is 6.59. The van der Waals surface area contributed by atoms with Gasteiger partial charge in [-0.1, -0.05) is 12.1 Å². The van der Waals surface area contributed by atoms with Crippen LogP contribution in [0.4, 0.5) is 4.79 Å². The van der Waals surface area contributed by atoms with Crippen LogP contribution >= 0.6 is 0 Å². The number of hydrogen-bond acceptors (Lipinski definition) is 5. The second kappa shape index (κ2) is 9.94. The van der Waals surface area contributed by atoms with Gasteiger partial charge in [0.15, 0.2) is 0 Å². The fraction of sp³-hybridized carbons (Fsp3) is 0.429. The predicted molar refractivity (Wildman–Crippen MR) is 106 cm³/mol. The molecular formula is C21H27N3O4. The lowest BCUT2D eigenvalue weighted by Crippen LogP contribution is -2.45. The van der Waals surface area contributed by atoms with Gasteiger partial charge in [-0.05, 0) is 37.5 Å². The summed E-state index contributed by atoms with van der Waals surface area (Å²) in [5, 5.41) is 2.95. The highest BCUT2D eigenvalue weighted by Crippen LogP contribution is 2.23. The van der Waals surface area contributed by atoms with Crippen LogP contribution in [0.2, 0.25) is 0 Å². The summed E-state index contributed by atoms with van der Waals surface area (Å²) in [6.07, 6.45) is 3.75. The minimum atomic E-state index is -0.0494. The van der Waals surface area contributed by atoms with Crippen LogP contribution in [0.15, 0.2) is 42.6 Å². The number of carbonyl (C=O) groups excluding carboxylic acids is 1. The number of nitrogens with one attached hydrogen (secondary N) is 1. The van der Waals surface area contributed by atoms with Crippen molar-refractivity contribution in [3.05, 3.63) is 48.2 Å². The summed E-state index contributed by atoms with van der Waals surface area (Å²) >= 11 is 0. The normalized spacial score (nSPS) is 14.6. The Morgan fingerprint density at radius 2 is 2.00 bits per heavy atom. The minimum absolute atomic E-state index is 0.0494. The molecule has 1 aliphatic rings. The fourth-order valence-corrected chi connectivity index (χ4v) is 3.11. The molecule has 2 heterocycles. The van der Waals surface area contributed by atoms with Gasteiger partial charge < -0.3 is 24.4 Å². The van der Waals surface area contributed by atoms with Gasteiger partial charge in [0, 0.05) is 44.6 Å². The first-order valence-corrected chi connectivity index (χ1v) is 9.59. The molecule has 2 amide bonds. The van der Waals surface area contributed by atoms with Gasteiger partial charge in [0.25, 0.3) is 0 Å². The molecule has 0 bridgehead atoms. The number of hydrogen-bond donors (Lipinski definition) is 1. The smallest absolute Gasteiger partial charge is 0.317 e. The van der Waals surface area contributed by atoms with Gasteiger partial charge in [-0.25, -0.2) is 9.78 Å². The van der Waals surface area contributed by atoms with E-state index >= 15 is 0 Å². The number of likely N-dealkylation sites (tertiary alicyclic amines) is 1. The predicted octanol–water partition coefficient (Wildman–Crippen LogP) is 3.59. The highest BCUT2D eigenvalue weighted by molar-refractivity contribution is 5.74. The van der Waals surface area contributed by atoms with Gasteiger partial charge in [0.2, 0.25) is 5.88 Å². The van der Waals surface area contributed by atoms with Gasteiger partial charge in [0.05, 0.1) is 13.2 Å². The number of piperidine rings is 1. The molecule has 0 unspecified atom stereocenters. The first kappa shape index (κ1) is 19.9. The largest absolute Gasteiger partial charge is 0.497 e. The third-order valence-electron chi connectivity index (χ3n) is 4.64. The summed E-state index contributed by atoms with van der Waals surface area (Å²) in [7, 11) is 1.61. The number of benzene rings is 1. The SMILES string of the molecule is CCOC1CCN(C(=O)NCc2ccc(Oc3cccc(OC)c3)nc2)CC1. The molecule has 1 N–H and O–H groups in total. The highest BCUT2D eigenvalue weighted by atomic mass is 16.5. The summed E-state index contributed by atoms with van der Waals surface area (Å²) in [6.45, 7) is 4.60. The molecule has 1 saturated heterocycles. The Hall–Kier alpha value is -2.80. The van der Waals surface area contributed by atoms with Gasteiger partial charge in [0.1, 0.15) is 11.5 Å². The molecule has 3 rings (SSSR count). The van der Waals surface area contributed by atoms with E-state index in [9.17, 15) is 4.79 Å². The van der Waals surface area contributed by atoms with E-state index in [2.05, 4.69) is 10.3 Å². The molecule has 28 heavy (non-hydrogen) atoms. The van der Waals surface area contributed by atoms with Crippen molar-refractivity contribution in [3.63, 3.8) is 0 Å². The first-order valence-electron chi connectivity index (χ1n) is 9.59. The number of carbonyl (C=O) groups is 1. The Balaban J connectivity index is 1.46. The zero-order valence-electron chi connectivity index (χ0n) is 16.4. The van der Waals surface area contributed by atoms with Crippen LogP contribution in [-0.2, 0) is 11.3 Å². The molecule has 0 aliphatic carbocycles. The average Bonchev–Trinajstić information content (AvgIpc) is 2.74. The van der Waals surface area contributed by atoms with E-state index in [1.807, 2.05) is 36.1 Å². The Morgan fingerprint density at radius 1 is 1.21 bits per heavy atom. The maximum absolute atomic E-state index is 12.3. The molecule has 1 fully saturated rings. The van der Waals surface area contributed by atoms with E-state index in [4.69, 9.17) is 14.2 Å². The molecule has 2 aromatic rings. The van der Waals surface area contributed by atoms with Crippen molar-refractivity contribution in [2.24, 2.45) is 0 Å². The zero-order chi connectivity index (χ0) is 19.8. The summed E-state index contributed by atoms with van der Waals surface area (Å²) in [4.78, 5) is 18.5. The number of ether oxygens (including phenoxy) is 3. The van der Waals surface area contributed by atoms with Gasteiger partial charge >= 0.3 is 6.03 Å². The minimum Gasteiger partial charge on any atom is -0.497 e. The standard InChI is InChI=1S/C21H27N3O4/c1-3-27-17-9-11-24(12-10-17)21(25)23-15-16-7-8-20(22-14-16)28-19-6-4-5-18(13-19)26-2/h4-8,13-14,17H,3,9-12,15H2,1-2H3,(H,23,25). The molecule has 1 aromatic carbocycles. The fourth-order valence-electron chi connectivity index (χ4n) is 3.11. The van der Waals surface area contributed by atoms with Crippen LogP contribution in [-0.4, -0.2) is 48.8 Å². The highest BCUT2D eigenvalue weighted by Gasteiger charge is 2.22. The van der Waals surface area contributed by atoms with Crippen molar-refractivity contribution < 1.29 is 19.0 Å². The van der Waals surface area contributed by atoms with Crippen LogP contribution < -0.4 is 14.8 Å². The van der Waals surface area contributed by atoms with Gasteiger partial charge in [-0.2, -0.15) is 0 Å². The molecule has 7 heteroatoms. The van der Waals surface area contributed by atoms with Crippen LogP contribution in [0.25, 0.3) is 0 Å². The van der Waals surface area contributed by atoms with Crippen LogP contribution in [0.1, 0.15) is 25.3 Å². The maximum atomic E-state index is 12.3. The van der Waals surface area contributed by atoms with Crippen LogP contribution in [0, 0.1) is 0 Å². The summed E-state index contributed by atoms with van der Waals surface area (Å²) < 4.78 is 16.5. The summed E-state index contributed by atoms with van der Waals surface area (Å²) in [6, 6.07) is 11.0. The van der Waals surface area contributed by atoms with E-state index < -0.39 is 0 Å². The zero-order valence-corrected chi connectivity index (χ0v) is 16.4. The third kappa shape index (κ3) is 5.60. The summed E-state index contributed by atoms with van der Waals surface area (Å²) in [5.41, 5.74) is 0.913. The van der Waals surface area contributed by atoms with Crippen molar-refractivity contribution in [2.75, 3.05) is 26.8 Å². The number of urea groups is 1. The summed E-state index contributed by atoms with van der Waals surface area (Å²) in [5.74, 6) is 1.87. The first-order chi connectivity index (χ1) is 13.7. The van der Waals surface area contributed by atoms with Crippen molar-refractivity contribution in [2.45, 2.75) is 32.4 Å². The van der Waals surface area contributed by atoms with E-state index in [0.717, 1.165) is 43.9 Å². The lowest BCUT2D eigenvalue weighted by atomic mass is 10.1. The number of nitrogens with zero attached hydrogens (tertiary/aromatic N) is 2. The van der Waals surface area contributed by atoms with E-state index in [0.29, 0.717) is 18.2 Å². The average molecular weight is 385 g/mol. The van der Waals surface area contributed by atoms with Crippen molar-refractivity contribution in [1.82, 2.24) is 15.2 Å². The number of pyridine rings is 1. The topological polar surface area (TPSA) is 72.9 Å². The third-order valence-corrected chi connectivity index (χ3v) is 4.64. The molecule has 1 aromatic heterocycles. The quantitative estimate of drug-likeness (QED) is 0.788. The molecule has 0 spiro atoms. The van der Waals surface area contributed by atoms with Crippen molar-refractivity contribution in [1.29, 1.82) is 0 Å². The van der Waals surface area contributed by atoms with E-state index in [1.54, 1.807) is 25.4 Å². The molecular weight excluding hydrogens is 358 g/mol. The Kier molecular flexibility index (Phi) is 7.08. The molecule has 150 valence electrons. The lowest BCUT2D eigenvalue weighted by molar-refractivity contribution is 0.0220. The van der Waals surface area contributed by atoms with Crippen molar-refractivity contribution >= 4 is 6.03 Å². The molecule has 1 aliphatic heterocycles. The number of rotatable bonds is 7. The monoisotopic (exact) mass is 385 g/mol. The maximum Gasteiger partial charge on any atom is 0.317 e. The van der Waals surface area contributed by atoms with Crippen LogP contribution in [0.3, 0.4) is 0 Å². The van der Waals surface area contributed by atoms with Gasteiger partial charge in [-0.3, -0.25) is 0 Å². The lowest BCUT2D eigenvalue weighted by Gasteiger charge is -2.31. The number of methoxy groups -OCH3 is 1.